The van der Waals surface area contributed by atoms with Crippen molar-refractivity contribution >= 4 is 60.1 Å². The van der Waals surface area contributed by atoms with E-state index in [9.17, 15) is 19.1 Å². The van der Waals surface area contributed by atoms with Gasteiger partial charge in [-0.2, -0.15) is 0 Å². The zero-order chi connectivity index (χ0) is 24.7. The summed E-state index contributed by atoms with van der Waals surface area (Å²) in [6, 6.07) is 16.7. The summed E-state index contributed by atoms with van der Waals surface area (Å²) in [4.78, 5) is 32.5. The van der Waals surface area contributed by atoms with Gasteiger partial charge in [-0.15, -0.1) is 0 Å². The Kier molecular flexibility index (Phi) is 6.12. The highest BCUT2D eigenvalue weighted by molar-refractivity contribution is 9.10. The Balaban J connectivity index is 1.69. The number of ketones is 1. The number of carbonyl (C=O) groups is 2. The lowest BCUT2D eigenvalue weighted by atomic mass is 9.95. The molecule has 0 spiro atoms. The predicted octanol–water partition coefficient (Wildman–Crippen LogP) is 6.22. The molecule has 4 aromatic rings. The van der Waals surface area contributed by atoms with Crippen LogP contribution in [0.2, 0.25) is 0 Å². The minimum absolute atomic E-state index is 0.0850. The Morgan fingerprint density at radius 3 is 2.51 bits per heavy atom. The number of ether oxygens (including phenoxy) is 1. The minimum Gasteiger partial charge on any atom is -0.507 e. The molecule has 2 heterocycles. The van der Waals surface area contributed by atoms with E-state index in [-0.39, 0.29) is 16.9 Å². The van der Waals surface area contributed by atoms with Crippen LogP contribution < -0.4 is 9.64 Å². The highest BCUT2D eigenvalue weighted by Gasteiger charge is 2.48. The zero-order valence-corrected chi connectivity index (χ0v) is 20.8. The summed E-state index contributed by atoms with van der Waals surface area (Å²) < 4.78 is 20.6. The molecule has 176 valence electrons. The minimum atomic E-state index is -0.917. The third-order valence-electron chi connectivity index (χ3n) is 5.61. The van der Waals surface area contributed by atoms with E-state index < -0.39 is 23.5 Å². The van der Waals surface area contributed by atoms with Crippen LogP contribution in [-0.4, -0.2) is 28.4 Å². The second-order valence-electron chi connectivity index (χ2n) is 7.79. The molecular formula is C26H18BrFN2O4S. The number of benzene rings is 3. The van der Waals surface area contributed by atoms with E-state index in [2.05, 4.69) is 20.9 Å². The van der Waals surface area contributed by atoms with Gasteiger partial charge >= 0.3 is 5.91 Å². The first-order valence-electron chi connectivity index (χ1n) is 10.7. The number of Topliss-reactive ketones (excluding diaryl/α,β-unsaturated/α-hetero) is 1. The normalized spacial score (nSPS) is 17.3. The average Bonchev–Trinajstić information content (AvgIpc) is 3.38. The number of aliphatic hydroxyl groups excluding tert-OH is 1. The highest BCUT2D eigenvalue weighted by Crippen LogP contribution is 2.44. The van der Waals surface area contributed by atoms with Crippen LogP contribution in [0.1, 0.15) is 24.1 Å². The summed E-state index contributed by atoms with van der Waals surface area (Å²) in [7, 11) is 0. The van der Waals surface area contributed by atoms with Gasteiger partial charge in [0.25, 0.3) is 5.78 Å². The summed E-state index contributed by atoms with van der Waals surface area (Å²) in [6.45, 7) is 2.40. The first-order chi connectivity index (χ1) is 16.9. The maximum absolute atomic E-state index is 13.5. The van der Waals surface area contributed by atoms with Crippen molar-refractivity contribution in [2.75, 3.05) is 11.5 Å². The monoisotopic (exact) mass is 552 g/mol. The second kappa shape index (κ2) is 9.24. The van der Waals surface area contributed by atoms with E-state index in [0.29, 0.717) is 28.6 Å². The van der Waals surface area contributed by atoms with Gasteiger partial charge in [-0.25, -0.2) is 9.37 Å². The Hall–Kier alpha value is -3.56. The van der Waals surface area contributed by atoms with Crippen LogP contribution in [0.4, 0.5) is 9.52 Å². The van der Waals surface area contributed by atoms with Crippen LogP contribution in [0.3, 0.4) is 0 Å². The quantitative estimate of drug-likeness (QED) is 0.180. The molecule has 1 N–H and O–H groups in total. The summed E-state index contributed by atoms with van der Waals surface area (Å²) in [5.74, 6) is -1.82. The molecule has 1 atom stereocenters. The molecule has 1 fully saturated rings. The molecule has 0 bridgehead atoms. The molecule has 3 aromatic carbocycles. The molecule has 0 aliphatic carbocycles. The SMILES string of the molecule is CCOc1ccc2nc(N3C(=O)C(=O)C(=C(O)c4ccc(F)cc4)[C@H]3c3ccc(Br)cc3)sc2c1. The lowest BCUT2D eigenvalue weighted by Crippen LogP contribution is -2.29. The molecular weight excluding hydrogens is 535 g/mol. The zero-order valence-electron chi connectivity index (χ0n) is 18.4. The lowest BCUT2D eigenvalue weighted by Gasteiger charge is -2.23. The molecule has 9 heteroatoms. The molecule has 35 heavy (non-hydrogen) atoms. The number of nitrogens with zero attached hydrogens (tertiary/aromatic N) is 2. The van der Waals surface area contributed by atoms with Crippen molar-refractivity contribution in [1.29, 1.82) is 0 Å². The summed E-state index contributed by atoms with van der Waals surface area (Å²) in [6.07, 6.45) is 0. The van der Waals surface area contributed by atoms with E-state index >= 15 is 0 Å². The number of carbonyl (C=O) groups excluding carboxylic acids is 2. The summed E-state index contributed by atoms with van der Waals surface area (Å²) >= 11 is 4.65. The highest BCUT2D eigenvalue weighted by atomic mass is 79.9. The molecule has 6 nitrogen and oxygen atoms in total. The van der Waals surface area contributed by atoms with Gasteiger partial charge in [-0.1, -0.05) is 39.4 Å². The second-order valence-corrected chi connectivity index (χ2v) is 9.71. The first-order valence-corrected chi connectivity index (χ1v) is 12.3. The molecule has 1 aromatic heterocycles. The van der Waals surface area contributed by atoms with Gasteiger partial charge in [-0.05, 0) is 67.1 Å². The molecule has 1 amide bonds. The van der Waals surface area contributed by atoms with E-state index in [4.69, 9.17) is 4.74 Å². The largest absolute Gasteiger partial charge is 0.507 e. The maximum Gasteiger partial charge on any atom is 0.301 e. The van der Waals surface area contributed by atoms with Crippen LogP contribution >= 0.6 is 27.3 Å². The third-order valence-corrected chi connectivity index (χ3v) is 7.16. The summed E-state index contributed by atoms with van der Waals surface area (Å²) in [5, 5.41) is 11.4. The number of aliphatic hydroxyl groups is 1. The fraction of sp³-hybridized carbons (Fsp3) is 0.115. The van der Waals surface area contributed by atoms with Crippen LogP contribution in [0.15, 0.2) is 76.8 Å². The van der Waals surface area contributed by atoms with Crippen LogP contribution in [-0.2, 0) is 9.59 Å². The van der Waals surface area contributed by atoms with Gasteiger partial charge in [0.05, 0.1) is 28.4 Å². The van der Waals surface area contributed by atoms with Crippen molar-refractivity contribution in [3.05, 3.63) is 93.7 Å². The van der Waals surface area contributed by atoms with Crippen molar-refractivity contribution in [2.24, 2.45) is 0 Å². The third kappa shape index (κ3) is 4.21. The van der Waals surface area contributed by atoms with Gasteiger partial charge in [0, 0.05) is 10.0 Å². The number of fused-ring (bicyclic) bond motifs is 1. The number of hydrogen-bond donors (Lipinski definition) is 1. The Labute approximate surface area is 212 Å². The van der Waals surface area contributed by atoms with E-state index in [1.807, 2.05) is 13.0 Å². The molecule has 1 aliphatic heterocycles. The standard InChI is InChI=1S/C26H18BrFN2O4S/c1-2-34-18-11-12-19-20(13-18)35-26(29-19)30-22(14-3-7-16(27)8-4-14)21(24(32)25(30)33)23(31)15-5-9-17(28)10-6-15/h3-13,22,31H,2H2,1H3/t22-/m1/s1. The van der Waals surface area contributed by atoms with E-state index in [1.165, 1.54) is 40.5 Å². The number of hydrogen-bond acceptors (Lipinski definition) is 6. The molecule has 1 aliphatic rings. The van der Waals surface area contributed by atoms with E-state index in [1.54, 1.807) is 36.4 Å². The number of thiazole rings is 1. The van der Waals surface area contributed by atoms with Gasteiger partial charge in [-0.3, -0.25) is 14.5 Å². The molecule has 0 unspecified atom stereocenters. The van der Waals surface area contributed by atoms with Gasteiger partial charge in [0.1, 0.15) is 17.3 Å². The Bertz CT molecular complexity index is 1480. The topological polar surface area (TPSA) is 79.7 Å². The Morgan fingerprint density at radius 2 is 1.83 bits per heavy atom. The fourth-order valence-corrected chi connectivity index (χ4v) is 5.29. The average molecular weight is 553 g/mol. The van der Waals surface area contributed by atoms with Gasteiger partial charge in [0.2, 0.25) is 0 Å². The molecule has 1 saturated heterocycles. The number of anilines is 1. The van der Waals surface area contributed by atoms with Gasteiger partial charge < -0.3 is 9.84 Å². The molecule has 0 radical (unpaired) electrons. The van der Waals surface area contributed by atoms with Crippen molar-refractivity contribution < 1.29 is 23.8 Å². The fourth-order valence-electron chi connectivity index (χ4n) is 4.01. The van der Waals surface area contributed by atoms with Crippen LogP contribution in [0, 0.1) is 5.82 Å². The van der Waals surface area contributed by atoms with Crippen molar-refractivity contribution in [3.8, 4) is 5.75 Å². The van der Waals surface area contributed by atoms with Crippen molar-refractivity contribution in [2.45, 2.75) is 13.0 Å². The van der Waals surface area contributed by atoms with Crippen molar-refractivity contribution in [1.82, 2.24) is 4.98 Å². The van der Waals surface area contributed by atoms with Gasteiger partial charge in [0.15, 0.2) is 5.13 Å². The number of rotatable bonds is 5. The van der Waals surface area contributed by atoms with Crippen molar-refractivity contribution in [3.63, 3.8) is 0 Å². The Morgan fingerprint density at radius 1 is 1.11 bits per heavy atom. The van der Waals surface area contributed by atoms with Crippen LogP contribution in [0.5, 0.6) is 5.75 Å². The smallest absolute Gasteiger partial charge is 0.301 e. The number of amides is 1. The maximum atomic E-state index is 13.5. The number of halogens is 2. The van der Waals surface area contributed by atoms with Crippen LogP contribution in [0.25, 0.3) is 16.0 Å². The lowest BCUT2D eigenvalue weighted by molar-refractivity contribution is -0.132. The number of aromatic nitrogens is 1. The molecule has 5 rings (SSSR count). The molecule has 0 saturated carbocycles. The first kappa shape index (κ1) is 23.2. The van der Waals surface area contributed by atoms with E-state index in [0.717, 1.165) is 9.17 Å². The predicted molar refractivity (Wildman–Crippen MR) is 136 cm³/mol. The summed E-state index contributed by atoms with van der Waals surface area (Å²) in [5.41, 5.74) is 1.42.